The van der Waals surface area contributed by atoms with Gasteiger partial charge in [0.15, 0.2) is 24.6 Å². The molecular formula is C73H114O12. The molecule has 0 saturated carbocycles. The fraction of sp³-hybridized carbons (Fsp3) is 0.616. The largest absolute Gasteiger partial charge is 0.479 e. The van der Waals surface area contributed by atoms with Gasteiger partial charge in [-0.1, -0.05) is 231 Å². The van der Waals surface area contributed by atoms with E-state index in [9.17, 15) is 34.5 Å². The van der Waals surface area contributed by atoms with E-state index in [4.69, 9.17) is 23.7 Å². The van der Waals surface area contributed by atoms with Gasteiger partial charge in [-0.2, -0.15) is 0 Å². The normalized spacial score (nSPS) is 18.4. The molecule has 0 amide bonds. The number of unbranched alkanes of at least 4 members (excludes halogenated alkanes) is 16. The lowest BCUT2D eigenvalue weighted by atomic mass is 9.98. The topological polar surface area (TPSA) is 175 Å². The van der Waals surface area contributed by atoms with Gasteiger partial charge >= 0.3 is 23.9 Å². The van der Waals surface area contributed by atoms with Crippen LogP contribution < -0.4 is 0 Å². The Balaban J connectivity index is 2.73. The summed E-state index contributed by atoms with van der Waals surface area (Å²) in [7, 11) is 0. The van der Waals surface area contributed by atoms with E-state index in [0.717, 1.165) is 122 Å². The number of aliphatic carboxylic acids is 1. The van der Waals surface area contributed by atoms with E-state index in [1.807, 2.05) is 12.2 Å². The van der Waals surface area contributed by atoms with Crippen LogP contribution in [0.15, 0.2) is 146 Å². The highest BCUT2D eigenvalue weighted by molar-refractivity contribution is 5.74. The number of esters is 3. The standard InChI is InChI=1S/C73H114O12/c1-4-7-10-13-16-19-22-25-28-31-33-36-38-41-44-47-50-53-56-59-65(74)81-62-64(83-66(75)60-57-54-51-48-45-42-39-35-30-27-24-21-18-15-12-9-6-3)63-82-73-71(69(78)68(77)70(85-73)72(79)80)84-67(76)61-58-55-52-49-46-43-40-37-34-32-29-26-23-20-17-14-11-8-5-2/h7,9-10,12,16-21,25-30,33,36,39,41-42,44,48,51,64,68-71,73,77-78H,4-6,8,11,13-15,22-24,31-32,34-35,37-38,40,43,45-47,49-50,52-63H2,1-3H3,(H,79,80)/b10-7-,12-9-,19-16-,20-17-,21-18-,28-25-,29-26-,30-27-,36-33-,42-39-,44-41-,51-48-. The molecule has 1 heterocycles. The molecule has 6 unspecified atom stereocenters. The highest BCUT2D eigenvalue weighted by atomic mass is 16.7. The lowest BCUT2D eigenvalue weighted by molar-refractivity contribution is -0.301. The Bertz CT molecular complexity index is 2030. The zero-order chi connectivity index (χ0) is 61.7. The molecule has 12 heteroatoms. The van der Waals surface area contributed by atoms with Crippen LogP contribution in [0.1, 0.15) is 239 Å². The number of aliphatic hydroxyl groups excluding tert-OH is 2. The number of aliphatic hydroxyl groups is 2. The molecule has 1 fully saturated rings. The monoisotopic (exact) mass is 1180 g/mol. The Morgan fingerprint density at radius 2 is 0.753 bits per heavy atom. The fourth-order valence-corrected chi connectivity index (χ4v) is 8.93. The number of rotatable bonds is 54. The minimum absolute atomic E-state index is 0.0375. The molecule has 85 heavy (non-hydrogen) atoms. The molecule has 3 N–H and O–H groups in total. The van der Waals surface area contributed by atoms with E-state index in [-0.39, 0.29) is 25.9 Å². The van der Waals surface area contributed by atoms with E-state index in [0.29, 0.717) is 25.7 Å². The van der Waals surface area contributed by atoms with Crippen molar-refractivity contribution in [2.75, 3.05) is 13.2 Å². The maximum atomic E-state index is 13.2. The number of hydrogen-bond acceptors (Lipinski definition) is 11. The van der Waals surface area contributed by atoms with Gasteiger partial charge in [-0.25, -0.2) is 4.79 Å². The molecule has 0 aromatic carbocycles. The first-order chi connectivity index (χ1) is 41.6. The van der Waals surface area contributed by atoms with Crippen LogP contribution in [0, 0.1) is 0 Å². The Morgan fingerprint density at radius 1 is 0.400 bits per heavy atom. The summed E-state index contributed by atoms with van der Waals surface area (Å²) in [5.41, 5.74) is 0. The van der Waals surface area contributed by atoms with Crippen LogP contribution in [-0.2, 0) is 42.9 Å². The maximum absolute atomic E-state index is 13.2. The third kappa shape index (κ3) is 48.4. The van der Waals surface area contributed by atoms with Crippen molar-refractivity contribution in [3.8, 4) is 0 Å². The Labute approximate surface area is 514 Å². The first kappa shape index (κ1) is 77.6. The molecule has 0 aliphatic carbocycles. The summed E-state index contributed by atoms with van der Waals surface area (Å²) in [6.07, 6.45) is 72.3. The Hall–Kier alpha value is -5.40. The molecule has 1 aliphatic rings. The van der Waals surface area contributed by atoms with Gasteiger partial charge in [0.05, 0.1) is 6.61 Å². The first-order valence-electron chi connectivity index (χ1n) is 32.8. The van der Waals surface area contributed by atoms with Gasteiger partial charge in [0, 0.05) is 19.3 Å². The number of ether oxygens (including phenoxy) is 5. The molecule has 0 bridgehead atoms. The molecule has 1 aliphatic heterocycles. The SMILES string of the molecule is CC/C=C\C/C=C\C/C=C\C/C=C\C/C=C\CCCCCC(=O)OCC(COC1OC(C(=O)O)C(O)C(O)C1OC(=O)CCCCCCCCCCC/C=C\C/C=C\CCCCC)OC(=O)CCC/C=C\C/C=C\C/C=C\C/C=C\C/C=C\CC. The lowest BCUT2D eigenvalue weighted by Gasteiger charge is -2.40. The highest BCUT2D eigenvalue weighted by Gasteiger charge is 2.50. The molecule has 12 nitrogen and oxygen atoms in total. The van der Waals surface area contributed by atoms with Gasteiger partial charge < -0.3 is 39.0 Å². The zero-order valence-corrected chi connectivity index (χ0v) is 52.8. The Kier molecular flexibility index (Phi) is 53.8. The molecule has 0 spiro atoms. The number of hydrogen-bond donors (Lipinski definition) is 3. The quantitative estimate of drug-likeness (QED) is 0.0228. The zero-order valence-electron chi connectivity index (χ0n) is 52.8. The average Bonchev–Trinajstić information content (AvgIpc) is 3.51. The van der Waals surface area contributed by atoms with Crippen LogP contribution in [-0.4, -0.2) is 89.2 Å². The smallest absolute Gasteiger partial charge is 0.335 e. The molecule has 478 valence electrons. The van der Waals surface area contributed by atoms with Crippen molar-refractivity contribution in [1.29, 1.82) is 0 Å². The second-order valence-corrected chi connectivity index (χ2v) is 21.6. The fourth-order valence-electron chi connectivity index (χ4n) is 8.93. The van der Waals surface area contributed by atoms with E-state index in [2.05, 4.69) is 154 Å². The maximum Gasteiger partial charge on any atom is 0.335 e. The van der Waals surface area contributed by atoms with Crippen molar-refractivity contribution in [3.05, 3.63) is 146 Å². The van der Waals surface area contributed by atoms with E-state index in [1.165, 1.54) is 51.4 Å². The summed E-state index contributed by atoms with van der Waals surface area (Å²) in [6.45, 7) is 5.67. The summed E-state index contributed by atoms with van der Waals surface area (Å²) in [5, 5.41) is 31.6. The van der Waals surface area contributed by atoms with Crippen molar-refractivity contribution < 1.29 is 58.2 Å². The van der Waals surface area contributed by atoms with Crippen LogP contribution in [0.2, 0.25) is 0 Å². The van der Waals surface area contributed by atoms with Crippen molar-refractivity contribution >= 4 is 23.9 Å². The lowest BCUT2D eigenvalue weighted by Crippen LogP contribution is -2.61. The van der Waals surface area contributed by atoms with Crippen LogP contribution in [0.4, 0.5) is 0 Å². The second kappa shape index (κ2) is 59.0. The number of carboxylic acid groups (broad SMARTS) is 1. The van der Waals surface area contributed by atoms with Crippen molar-refractivity contribution in [3.63, 3.8) is 0 Å². The molecule has 6 atom stereocenters. The van der Waals surface area contributed by atoms with Crippen molar-refractivity contribution in [2.24, 2.45) is 0 Å². The van der Waals surface area contributed by atoms with Gasteiger partial charge in [-0.15, -0.1) is 0 Å². The predicted octanol–water partition coefficient (Wildman–Crippen LogP) is 17.9. The second-order valence-electron chi connectivity index (χ2n) is 21.6. The minimum atomic E-state index is -1.93. The molecule has 1 rings (SSSR count). The van der Waals surface area contributed by atoms with Crippen LogP contribution in [0.5, 0.6) is 0 Å². The van der Waals surface area contributed by atoms with Gasteiger partial charge in [0.25, 0.3) is 0 Å². The summed E-state index contributed by atoms with van der Waals surface area (Å²) >= 11 is 0. The summed E-state index contributed by atoms with van der Waals surface area (Å²) in [5.74, 6) is -3.27. The molecule has 1 saturated heterocycles. The third-order valence-corrected chi connectivity index (χ3v) is 13.9. The van der Waals surface area contributed by atoms with Crippen LogP contribution >= 0.6 is 0 Å². The van der Waals surface area contributed by atoms with Gasteiger partial charge in [-0.05, 0) is 135 Å². The number of carboxylic acids is 1. The van der Waals surface area contributed by atoms with Crippen molar-refractivity contribution in [2.45, 2.75) is 276 Å². The summed E-state index contributed by atoms with van der Waals surface area (Å²) in [6, 6.07) is 0. The van der Waals surface area contributed by atoms with E-state index < -0.39 is 67.3 Å². The first-order valence-corrected chi connectivity index (χ1v) is 32.8. The summed E-state index contributed by atoms with van der Waals surface area (Å²) in [4.78, 5) is 51.4. The highest BCUT2D eigenvalue weighted by Crippen LogP contribution is 2.26. The number of carbonyl (C=O) groups is 4. The molecule has 0 aromatic heterocycles. The minimum Gasteiger partial charge on any atom is -0.479 e. The summed E-state index contributed by atoms with van der Waals surface area (Å²) < 4.78 is 28.4. The molecule has 0 aromatic rings. The number of carbonyl (C=O) groups excluding carboxylic acids is 3. The molecule has 0 radical (unpaired) electrons. The van der Waals surface area contributed by atoms with Crippen LogP contribution in [0.25, 0.3) is 0 Å². The van der Waals surface area contributed by atoms with Crippen LogP contribution in [0.3, 0.4) is 0 Å². The van der Waals surface area contributed by atoms with Gasteiger partial charge in [0.1, 0.15) is 18.8 Å². The van der Waals surface area contributed by atoms with Gasteiger partial charge in [0.2, 0.25) is 0 Å². The molecular weight excluding hydrogens is 1070 g/mol. The van der Waals surface area contributed by atoms with E-state index in [1.54, 1.807) is 0 Å². The number of allylic oxidation sites excluding steroid dienone is 24. The Morgan fingerprint density at radius 3 is 1.18 bits per heavy atom. The van der Waals surface area contributed by atoms with E-state index >= 15 is 0 Å². The predicted molar refractivity (Wildman–Crippen MR) is 349 cm³/mol. The van der Waals surface area contributed by atoms with Gasteiger partial charge in [-0.3, -0.25) is 14.4 Å². The average molecular weight is 1180 g/mol. The third-order valence-electron chi connectivity index (χ3n) is 13.9. The van der Waals surface area contributed by atoms with Crippen molar-refractivity contribution in [1.82, 2.24) is 0 Å².